The van der Waals surface area contributed by atoms with Crippen LogP contribution in [0.3, 0.4) is 0 Å². The van der Waals surface area contributed by atoms with Crippen molar-refractivity contribution in [1.29, 1.82) is 0 Å². The summed E-state index contributed by atoms with van der Waals surface area (Å²) >= 11 is 11.4. The minimum Gasteiger partial charge on any atom is -0.491 e. The van der Waals surface area contributed by atoms with Crippen molar-refractivity contribution in [3.05, 3.63) is 28.2 Å². The largest absolute Gasteiger partial charge is 0.491 e. The highest BCUT2D eigenvalue weighted by atomic mass is 35.5. The Bertz CT molecular complexity index is 243. The number of aliphatic hydroxyl groups excluding tert-OH is 1. The van der Waals surface area contributed by atoms with E-state index in [9.17, 15) is 0 Å². The average molecular weight is 207 g/mol. The van der Waals surface area contributed by atoms with Crippen LogP contribution < -0.4 is 4.74 Å². The first kappa shape index (κ1) is 9.65. The molecule has 0 saturated heterocycles. The van der Waals surface area contributed by atoms with E-state index in [0.29, 0.717) is 15.8 Å². The van der Waals surface area contributed by atoms with Gasteiger partial charge < -0.3 is 9.84 Å². The zero-order valence-corrected chi connectivity index (χ0v) is 7.77. The van der Waals surface area contributed by atoms with E-state index >= 15 is 0 Å². The van der Waals surface area contributed by atoms with Gasteiger partial charge in [-0.15, -0.1) is 0 Å². The molecule has 1 N–H and O–H groups in total. The second kappa shape index (κ2) is 4.55. The zero-order chi connectivity index (χ0) is 8.97. The number of rotatable bonds is 3. The smallest absolute Gasteiger partial charge is 0.122 e. The highest BCUT2D eigenvalue weighted by molar-refractivity contribution is 6.34. The quantitative estimate of drug-likeness (QED) is 0.824. The molecule has 66 valence electrons. The van der Waals surface area contributed by atoms with Crippen LogP contribution in [0.1, 0.15) is 0 Å². The number of hydrogen-bond donors (Lipinski definition) is 1. The SMILES string of the molecule is OCCOc1cc(Cl)cc(Cl)c1. The maximum absolute atomic E-state index is 8.48. The summed E-state index contributed by atoms with van der Waals surface area (Å²) in [4.78, 5) is 0. The van der Waals surface area contributed by atoms with Crippen LogP contribution in [-0.4, -0.2) is 18.3 Å². The fourth-order valence-corrected chi connectivity index (χ4v) is 1.28. The van der Waals surface area contributed by atoms with Gasteiger partial charge in [0, 0.05) is 10.0 Å². The van der Waals surface area contributed by atoms with Crippen LogP contribution in [0.5, 0.6) is 5.75 Å². The molecule has 0 atom stereocenters. The van der Waals surface area contributed by atoms with E-state index in [0.717, 1.165) is 0 Å². The Kier molecular flexibility index (Phi) is 3.66. The van der Waals surface area contributed by atoms with E-state index in [1.165, 1.54) is 0 Å². The predicted molar refractivity (Wildman–Crippen MR) is 49.0 cm³/mol. The summed E-state index contributed by atoms with van der Waals surface area (Å²) in [6, 6.07) is 4.90. The highest BCUT2D eigenvalue weighted by Gasteiger charge is 1.97. The standard InChI is InChI=1S/C8H8Cl2O2/c9-6-3-7(10)5-8(4-6)12-2-1-11/h3-5,11H,1-2H2. The number of halogens is 2. The molecule has 0 amide bonds. The Hall–Kier alpha value is -0.440. The van der Waals surface area contributed by atoms with Crippen LogP contribution in [0.4, 0.5) is 0 Å². The lowest BCUT2D eigenvalue weighted by Gasteiger charge is -2.04. The molecule has 0 spiro atoms. The number of ether oxygens (including phenoxy) is 1. The Morgan fingerprint density at radius 1 is 1.17 bits per heavy atom. The fourth-order valence-electron chi connectivity index (χ4n) is 0.775. The van der Waals surface area contributed by atoms with Crippen molar-refractivity contribution in [1.82, 2.24) is 0 Å². The molecular formula is C8H8Cl2O2. The third-order valence-corrected chi connectivity index (χ3v) is 1.63. The fraction of sp³-hybridized carbons (Fsp3) is 0.250. The van der Waals surface area contributed by atoms with Crippen molar-refractivity contribution in [2.45, 2.75) is 0 Å². The molecule has 0 aliphatic rings. The van der Waals surface area contributed by atoms with Gasteiger partial charge in [-0.25, -0.2) is 0 Å². The minimum atomic E-state index is -0.0237. The van der Waals surface area contributed by atoms with Crippen LogP contribution in [0.15, 0.2) is 18.2 Å². The first-order valence-electron chi connectivity index (χ1n) is 3.42. The summed E-state index contributed by atoms with van der Waals surface area (Å²) < 4.78 is 5.10. The van der Waals surface area contributed by atoms with Gasteiger partial charge in [-0.3, -0.25) is 0 Å². The van der Waals surface area contributed by atoms with Gasteiger partial charge in [0.05, 0.1) is 6.61 Å². The van der Waals surface area contributed by atoms with Crippen molar-refractivity contribution >= 4 is 23.2 Å². The summed E-state index contributed by atoms with van der Waals surface area (Å²) in [7, 11) is 0. The molecular weight excluding hydrogens is 199 g/mol. The van der Waals surface area contributed by atoms with E-state index in [1.807, 2.05) is 0 Å². The lowest BCUT2D eigenvalue weighted by atomic mass is 10.3. The third kappa shape index (κ3) is 2.89. The Morgan fingerprint density at radius 3 is 2.25 bits per heavy atom. The lowest BCUT2D eigenvalue weighted by molar-refractivity contribution is 0.201. The van der Waals surface area contributed by atoms with Crippen molar-refractivity contribution < 1.29 is 9.84 Å². The van der Waals surface area contributed by atoms with Crippen molar-refractivity contribution in [3.63, 3.8) is 0 Å². The maximum atomic E-state index is 8.48. The van der Waals surface area contributed by atoms with Gasteiger partial charge >= 0.3 is 0 Å². The van der Waals surface area contributed by atoms with Gasteiger partial charge in [-0.2, -0.15) is 0 Å². The summed E-state index contributed by atoms with van der Waals surface area (Å²) in [6.07, 6.45) is 0. The minimum absolute atomic E-state index is 0.0237. The predicted octanol–water partition coefficient (Wildman–Crippen LogP) is 2.36. The summed E-state index contributed by atoms with van der Waals surface area (Å²) in [5, 5.41) is 9.52. The summed E-state index contributed by atoms with van der Waals surface area (Å²) in [5.41, 5.74) is 0. The van der Waals surface area contributed by atoms with Gasteiger partial charge in [-0.05, 0) is 18.2 Å². The maximum Gasteiger partial charge on any atom is 0.122 e. The van der Waals surface area contributed by atoms with E-state index in [-0.39, 0.29) is 13.2 Å². The topological polar surface area (TPSA) is 29.5 Å². The Labute approximate surface area is 80.7 Å². The third-order valence-electron chi connectivity index (χ3n) is 1.20. The molecule has 0 fully saturated rings. The normalized spacial score (nSPS) is 9.92. The van der Waals surface area contributed by atoms with Gasteiger partial charge in [0.25, 0.3) is 0 Å². The first-order valence-corrected chi connectivity index (χ1v) is 4.17. The number of hydrogen-bond acceptors (Lipinski definition) is 2. The molecule has 1 rings (SSSR count). The molecule has 2 nitrogen and oxygen atoms in total. The molecule has 0 aliphatic heterocycles. The van der Waals surface area contributed by atoms with Gasteiger partial charge in [0.1, 0.15) is 12.4 Å². The van der Waals surface area contributed by atoms with Crippen molar-refractivity contribution in [3.8, 4) is 5.75 Å². The van der Waals surface area contributed by atoms with E-state index < -0.39 is 0 Å². The first-order chi connectivity index (χ1) is 5.72. The van der Waals surface area contributed by atoms with E-state index in [2.05, 4.69) is 0 Å². The van der Waals surface area contributed by atoms with Gasteiger partial charge in [0.2, 0.25) is 0 Å². The molecule has 0 saturated carbocycles. The molecule has 1 aromatic carbocycles. The number of benzene rings is 1. The van der Waals surface area contributed by atoms with Crippen LogP contribution >= 0.6 is 23.2 Å². The monoisotopic (exact) mass is 206 g/mol. The van der Waals surface area contributed by atoms with Crippen LogP contribution in [0, 0.1) is 0 Å². The lowest BCUT2D eigenvalue weighted by Crippen LogP contribution is -2.01. The number of aliphatic hydroxyl groups is 1. The summed E-state index contributed by atoms with van der Waals surface area (Å²) in [6.45, 7) is 0.223. The second-order valence-corrected chi connectivity index (χ2v) is 3.05. The molecule has 0 aromatic heterocycles. The molecule has 4 heteroatoms. The zero-order valence-electron chi connectivity index (χ0n) is 6.26. The molecule has 0 bridgehead atoms. The summed E-state index contributed by atoms with van der Waals surface area (Å²) in [5.74, 6) is 0.571. The molecule has 12 heavy (non-hydrogen) atoms. The highest BCUT2D eigenvalue weighted by Crippen LogP contribution is 2.23. The second-order valence-electron chi connectivity index (χ2n) is 2.18. The van der Waals surface area contributed by atoms with Crippen LogP contribution in [0.2, 0.25) is 10.0 Å². The van der Waals surface area contributed by atoms with E-state index in [1.54, 1.807) is 18.2 Å². The Morgan fingerprint density at radius 2 is 1.75 bits per heavy atom. The van der Waals surface area contributed by atoms with Crippen LogP contribution in [-0.2, 0) is 0 Å². The van der Waals surface area contributed by atoms with E-state index in [4.69, 9.17) is 33.0 Å². The molecule has 0 aliphatic carbocycles. The molecule has 0 heterocycles. The average Bonchev–Trinajstić information content (AvgIpc) is 1.99. The molecule has 1 aromatic rings. The van der Waals surface area contributed by atoms with Crippen molar-refractivity contribution in [2.24, 2.45) is 0 Å². The Balaban J connectivity index is 2.72. The van der Waals surface area contributed by atoms with Gasteiger partial charge in [-0.1, -0.05) is 23.2 Å². The van der Waals surface area contributed by atoms with Crippen molar-refractivity contribution in [2.75, 3.05) is 13.2 Å². The van der Waals surface area contributed by atoms with Gasteiger partial charge in [0.15, 0.2) is 0 Å². The van der Waals surface area contributed by atoms with Crippen LogP contribution in [0.25, 0.3) is 0 Å². The molecule has 0 radical (unpaired) electrons. The molecule has 0 unspecified atom stereocenters.